The molecule has 0 aliphatic carbocycles. The van der Waals surface area contributed by atoms with Crippen molar-refractivity contribution in [3.63, 3.8) is 0 Å². The number of ether oxygens (including phenoxy) is 1. The number of rotatable bonds is 9. The minimum Gasteiger partial charge on any atom is -0.490 e. The lowest BCUT2D eigenvalue weighted by Crippen LogP contribution is -2.45. The predicted molar refractivity (Wildman–Crippen MR) is 141 cm³/mol. The fourth-order valence-electron chi connectivity index (χ4n) is 4.38. The van der Waals surface area contributed by atoms with Crippen molar-refractivity contribution in [2.45, 2.75) is 79.2 Å². The molecule has 8 nitrogen and oxygen atoms in total. The van der Waals surface area contributed by atoms with Crippen LogP contribution in [0.25, 0.3) is 0 Å². The molecule has 2 aromatic carbocycles. The third kappa shape index (κ3) is 5.43. The van der Waals surface area contributed by atoms with Crippen LogP contribution in [-0.2, 0) is 5.41 Å². The van der Waals surface area contributed by atoms with Crippen molar-refractivity contribution in [2.75, 3.05) is 11.9 Å². The summed E-state index contributed by atoms with van der Waals surface area (Å²) in [5.74, 6) is 0.637. The van der Waals surface area contributed by atoms with Crippen LogP contribution in [0.4, 0.5) is 5.95 Å². The summed E-state index contributed by atoms with van der Waals surface area (Å²) in [7, 11) is 0. The van der Waals surface area contributed by atoms with Crippen molar-refractivity contribution in [1.29, 1.82) is 0 Å². The Morgan fingerprint density at radius 2 is 1.61 bits per heavy atom. The summed E-state index contributed by atoms with van der Waals surface area (Å²) in [6, 6.07) is 12.3. The summed E-state index contributed by atoms with van der Waals surface area (Å²) in [6.45, 7) is 16.4. The minimum absolute atomic E-state index is 0.140. The van der Waals surface area contributed by atoms with Crippen molar-refractivity contribution >= 4 is 11.9 Å². The van der Waals surface area contributed by atoms with Crippen LogP contribution in [0.2, 0.25) is 0 Å². The molecule has 194 valence electrons. The first-order chi connectivity index (χ1) is 16.8. The van der Waals surface area contributed by atoms with Crippen molar-refractivity contribution in [3.05, 3.63) is 64.2 Å². The molecule has 1 atom stereocenters. The van der Waals surface area contributed by atoms with Crippen LogP contribution in [0.3, 0.4) is 0 Å². The van der Waals surface area contributed by atoms with Crippen molar-refractivity contribution in [3.8, 4) is 5.75 Å². The van der Waals surface area contributed by atoms with Gasteiger partial charge in [0.25, 0.3) is 11.9 Å². The van der Waals surface area contributed by atoms with Gasteiger partial charge in [-0.05, 0) is 78.6 Å². The molecule has 8 heteroatoms. The standard InChI is InChI=1S/C28H39N5O3/c1-9-28(10-2,20-11-13-22(18(3)15-20)24(34)29-25-30-32-33-31-25)21-12-14-23(19(4)16-21)36-17-27(8,35)26(5,6)7/h11-16,35H,9-10,17H2,1-8H3,(H2,29,30,31,32,33,34). The zero-order chi connectivity index (χ0) is 26.7. The second-order valence-electron chi connectivity index (χ2n) is 10.8. The number of hydrogen-bond acceptors (Lipinski definition) is 6. The van der Waals surface area contributed by atoms with Gasteiger partial charge in [0.2, 0.25) is 0 Å². The molecule has 3 aromatic rings. The number of benzene rings is 2. The van der Waals surface area contributed by atoms with Gasteiger partial charge in [0.05, 0.1) is 0 Å². The topological polar surface area (TPSA) is 113 Å². The lowest BCUT2D eigenvalue weighted by Gasteiger charge is -2.37. The molecule has 0 fully saturated rings. The highest BCUT2D eigenvalue weighted by Gasteiger charge is 2.36. The number of amides is 1. The Morgan fingerprint density at radius 1 is 1.00 bits per heavy atom. The van der Waals surface area contributed by atoms with E-state index >= 15 is 0 Å². The van der Waals surface area contributed by atoms with Crippen LogP contribution in [0.5, 0.6) is 5.75 Å². The van der Waals surface area contributed by atoms with Crippen LogP contribution in [-0.4, -0.2) is 43.8 Å². The van der Waals surface area contributed by atoms with E-state index in [0.29, 0.717) is 5.56 Å². The number of aryl methyl sites for hydroxylation is 2. The number of nitrogens with zero attached hydrogens (tertiary/aromatic N) is 3. The Labute approximate surface area is 213 Å². The Morgan fingerprint density at radius 3 is 2.11 bits per heavy atom. The van der Waals surface area contributed by atoms with Gasteiger partial charge < -0.3 is 9.84 Å². The zero-order valence-corrected chi connectivity index (χ0v) is 22.7. The van der Waals surface area contributed by atoms with Gasteiger partial charge in [-0.2, -0.15) is 5.21 Å². The second-order valence-corrected chi connectivity index (χ2v) is 10.8. The highest BCUT2D eigenvalue weighted by molar-refractivity contribution is 6.04. The molecule has 0 aliphatic heterocycles. The number of anilines is 1. The smallest absolute Gasteiger partial charge is 0.270 e. The summed E-state index contributed by atoms with van der Waals surface area (Å²) in [5, 5.41) is 26.8. The molecule has 1 amide bonds. The highest BCUT2D eigenvalue weighted by atomic mass is 16.5. The molecule has 1 unspecified atom stereocenters. The summed E-state index contributed by atoms with van der Waals surface area (Å²) in [5.41, 5.74) is 3.35. The van der Waals surface area contributed by atoms with E-state index in [2.05, 4.69) is 58.0 Å². The zero-order valence-electron chi connectivity index (χ0n) is 22.7. The number of tetrazole rings is 1. The SMILES string of the molecule is CCC(CC)(c1ccc(OCC(C)(O)C(C)(C)C)c(C)c1)c1ccc(C(=O)Nc2nn[nH]n2)c(C)c1. The molecule has 0 saturated heterocycles. The molecular weight excluding hydrogens is 454 g/mol. The average Bonchev–Trinajstić information content (AvgIpc) is 3.32. The molecule has 0 aliphatic rings. The van der Waals surface area contributed by atoms with Gasteiger partial charge in [-0.1, -0.05) is 64.0 Å². The van der Waals surface area contributed by atoms with Crippen molar-refractivity contribution < 1.29 is 14.6 Å². The quantitative estimate of drug-likeness (QED) is 0.370. The third-order valence-corrected chi connectivity index (χ3v) is 7.65. The Hall–Kier alpha value is -3.26. The molecule has 0 bridgehead atoms. The van der Waals surface area contributed by atoms with Crippen molar-refractivity contribution in [1.82, 2.24) is 20.6 Å². The molecule has 1 aromatic heterocycles. The Balaban J connectivity index is 1.89. The maximum Gasteiger partial charge on any atom is 0.270 e. The van der Waals surface area contributed by atoms with Crippen molar-refractivity contribution in [2.24, 2.45) is 5.41 Å². The fourth-order valence-corrected chi connectivity index (χ4v) is 4.38. The number of aromatic amines is 1. The number of nitrogens with one attached hydrogen (secondary N) is 2. The second kappa shape index (κ2) is 10.4. The van der Waals surface area contributed by atoms with E-state index in [-0.39, 0.29) is 29.3 Å². The van der Waals surface area contributed by atoms with Gasteiger partial charge in [-0.25, -0.2) is 0 Å². The van der Waals surface area contributed by atoms with Gasteiger partial charge in [-0.3, -0.25) is 10.1 Å². The molecule has 3 N–H and O–H groups in total. The average molecular weight is 494 g/mol. The Bertz CT molecular complexity index is 1190. The molecular formula is C28H39N5O3. The van der Waals surface area contributed by atoms with Crippen LogP contribution < -0.4 is 10.1 Å². The number of aliphatic hydroxyl groups is 1. The largest absolute Gasteiger partial charge is 0.490 e. The van der Waals surface area contributed by atoms with E-state index in [4.69, 9.17) is 4.74 Å². The van der Waals surface area contributed by atoms with E-state index in [1.807, 2.05) is 59.7 Å². The first-order valence-corrected chi connectivity index (χ1v) is 12.5. The van der Waals surface area contributed by atoms with E-state index in [1.165, 1.54) is 5.56 Å². The maximum atomic E-state index is 12.7. The third-order valence-electron chi connectivity index (χ3n) is 7.65. The van der Waals surface area contributed by atoms with E-state index in [9.17, 15) is 9.90 Å². The van der Waals surface area contributed by atoms with Crippen LogP contribution in [0, 0.1) is 19.3 Å². The van der Waals surface area contributed by atoms with Gasteiger partial charge in [-0.15, -0.1) is 5.10 Å². The Kier molecular flexibility index (Phi) is 7.88. The van der Waals surface area contributed by atoms with Gasteiger partial charge in [0, 0.05) is 11.0 Å². The first-order valence-electron chi connectivity index (χ1n) is 12.5. The molecule has 1 heterocycles. The van der Waals surface area contributed by atoms with Gasteiger partial charge >= 0.3 is 0 Å². The van der Waals surface area contributed by atoms with Crippen LogP contribution >= 0.6 is 0 Å². The number of H-pyrrole nitrogens is 1. The van der Waals surface area contributed by atoms with Gasteiger partial charge in [0.15, 0.2) is 0 Å². The minimum atomic E-state index is -0.954. The number of carbonyl (C=O) groups excluding carboxylic acids is 1. The van der Waals surface area contributed by atoms with E-state index in [0.717, 1.165) is 35.3 Å². The number of aromatic nitrogens is 4. The van der Waals surface area contributed by atoms with E-state index < -0.39 is 5.60 Å². The summed E-state index contributed by atoms with van der Waals surface area (Å²) >= 11 is 0. The molecule has 3 rings (SSSR count). The first kappa shape index (κ1) is 27.3. The molecule has 0 radical (unpaired) electrons. The summed E-state index contributed by atoms with van der Waals surface area (Å²) in [6.07, 6.45) is 1.80. The lowest BCUT2D eigenvalue weighted by atomic mass is 9.70. The predicted octanol–water partition coefficient (Wildman–Crippen LogP) is 5.35. The van der Waals surface area contributed by atoms with Crippen LogP contribution in [0.15, 0.2) is 36.4 Å². The number of hydrogen-bond donors (Lipinski definition) is 3. The van der Waals surface area contributed by atoms with Gasteiger partial charge in [0.1, 0.15) is 18.0 Å². The van der Waals surface area contributed by atoms with Crippen LogP contribution in [0.1, 0.15) is 87.0 Å². The highest BCUT2D eigenvalue weighted by Crippen LogP contribution is 2.41. The number of carbonyl (C=O) groups is 1. The maximum absolute atomic E-state index is 12.7. The van der Waals surface area contributed by atoms with E-state index in [1.54, 1.807) is 0 Å². The lowest BCUT2D eigenvalue weighted by molar-refractivity contribution is -0.0725. The fraction of sp³-hybridized carbons (Fsp3) is 0.500. The monoisotopic (exact) mass is 493 g/mol. The normalized spacial score (nSPS) is 13.8. The molecule has 0 spiro atoms. The summed E-state index contributed by atoms with van der Waals surface area (Å²) < 4.78 is 6.06. The molecule has 0 saturated carbocycles. The summed E-state index contributed by atoms with van der Waals surface area (Å²) in [4.78, 5) is 12.7. The molecule has 36 heavy (non-hydrogen) atoms.